The lowest BCUT2D eigenvalue weighted by atomic mass is 9.81. The van der Waals surface area contributed by atoms with Gasteiger partial charge in [-0.2, -0.15) is 0 Å². The number of hydrogen-bond acceptors (Lipinski definition) is 2. The van der Waals surface area contributed by atoms with Gasteiger partial charge in [0.25, 0.3) is 0 Å². The summed E-state index contributed by atoms with van der Waals surface area (Å²) in [5.74, 6) is 0.164. The lowest BCUT2D eigenvalue weighted by Crippen LogP contribution is -2.34. The van der Waals surface area contributed by atoms with E-state index in [2.05, 4.69) is 18.2 Å². The SMILES string of the molecule is CN1C(=O)C(C)(C)c2cc(C3(N)CCCC3)ccc21. The summed E-state index contributed by atoms with van der Waals surface area (Å²) in [7, 11) is 1.85. The number of rotatable bonds is 1. The number of nitrogens with two attached hydrogens (primary N) is 1. The third-order valence-corrected chi connectivity index (χ3v) is 4.94. The Morgan fingerprint density at radius 1 is 1.21 bits per heavy atom. The van der Waals surface area contributed by atoms with E-state index in [0.29, 0.717) is 0 Å². The number of carbonyl (C=O) groups is 1. The molecule has 1 aromatic carbocycles. The summed E-state index contributed by atoms with van der Waals surface area (Å²) in [6.45, 7) is 4.00. The van der Waals surface area contributed by atoms with E-state index in [4.69, 9.17) is 5.73 Å². The van der Waals surface area contributed by atoms with E-state index in [1.54, 1.807) is 4.90 Å². The Hall–Kier alpha value is -1.35. The molecule has 1 fully saturated rings. The van der Waals surface area contributed by atoms with E-state index in [1.807, 2.05) is 20.9 Å². The second-order valence-corrected chi connectivity index (χ2v) is 6.58. The predicted molar refractivity (Wildman–Crippen MR) is 77.2 cm³/mol. The van der Waals surface area contributed by atoms with Gasteiger partial charge in [-0.25, -0.2) is 0 Å². The monoisotopic (exact) mass is 258 g/mol. The molecule has 1 aromatic rings. The van der Waals surface area contributed by atoms with Crippen LogP contribution in [0, 0.1) is 0 Å². The molecule has 0 bridgehead atoms. The fraction of sp³-hybridized carbons (Fsp3) is 0.562. The van der Waals surface area contributed by atoms with Crippen molar-refractivity contribution in [1.29, 1.82) is 0 Å². The van der Waals surface area contributed by atoms with Crippen molar-refractivity contribution in [2.24, 2.45) is 5.73 Å². The van der Waals surface area contributed by atoms with Gasteiger partial charge in [-0.3, -0.25) is 4.79 Å². The number of nitrogens with zero attached hydrogens (tertiary/aromatic N) is 1. The van der Waals surface area contributed by atoms with E-state index < -0.39 is 5.41 Å². The maximum atomic E-state index is 12.3. The fourth-order valence-electron chi connectivity index (χ4n) is 3.58. The van der Waals surface area contributed by atoms with Crippen molar-refractivity contribution in [3.05, 3.63) is 29.3 Å². The Morgan fingerprint density at radius 2 is 1.84 bits per heavy atom. The summed E-state index contributed by atoms with van der Waals surface area (Å²) in [6, 6.07) is 6.33. The summed E-state index contributed by atoms with van der Waals surface area (Å²) in [5, 5.41) is 0. The number of hydrogen-bond donors (Lipinski definition) is 1. The lowest BCUT2D eigenvalue weighted by Gasteiger charge is -2.26. The van der Waals surface area contributed by atoms with Crippen LogP contribution in [-0.2, 0) is 15.7 Å². The van der Waals surface area contributed by atoms with Crippen molar-refractivity contribution in [3.8, 4) is 0 Å². The Kier molecular flexibility index (Phi) is 2.55. The number of benzene rings is 1. The van der Waals surface area contributed by atoms with Gasteiger partial charge < -0.3 is 10.6 Å². The molecule has 1 amide bonds. The highest BCUT2D eigenvalue weighted by Crippen LogP contribution is 2.44. The zero-order chi connectivity index (χ0) is 13.8. The molecule has 3 heteroatoms. The number of carbonyl (C=O) groups excluding carboxylic acids is 1. The maximum Gasteiger partial charge on any atom is 0.236 e. The summed E-state index contributed by atoms with van der Waals surface area (Å²) >= 11 is 0. The van der Waals surface area contributed by atoms with Crippen molar-refractivity contribution < 1.29 is 4.79 Å². The molecule has 102 valence electrons. The van der Waals surface area contributed by atoms with Gasteiger partial charge in [0.1, 0.15) is 0 Å². The first-order chi connectivity index (χ1) is 8.86. The molecular weight excluding hydrogens is 236 g/mol. The summed E-state index contributed by atoms with van der Waals surface area (Å²) in [5.41, 5.74) is 9.26. The number of fused-ring (bicyclic) bond motifs is 1. The Labute approximate surface area is 114 Å². The average Bonchev–Trinajstić information content (AvgIpc) is 2.89. The van der Waals surface area contributed by atoms with Crippen LogP contribution >= 0.6 is 0 Å². The predicted octanol–water partition coefficient (Wildman–Crippen LogP) is 2.67. The van der Waals surface area contributed by atoms with Crippen LogP contribution in [0.25, 0.3) is 0 Å². The molecule has 0 unspecified atom stereocenters. The number of amides is 1. The van der Waals surface area contributed by atoms with E-state index in [-0.39, 0.29) is 11.4 Å². The second kappa shape index (κ2) is 3.83. The molecule has 19 heavy (non-hydrogen) atoms. The van der Waals surface area contributed by atoms with Crippen molar-refractivity contribution >= 4 is 11.6 Å². The number of anilines is 1. The van der Waals surface area contributed by atoms with E-state index >= 15 is 0 Å². The van der Waals surface area contributed by atoms with Crippen LogP contribution in [0.5, 0.6) is 0 Å². The molecule has 2 aliphatic rings. The van der Waals surface area contributed by atoms with Crippen LogP contribution in [0.2, 0.25) is 0 Å². The Balaban J connectivity index is 2.11. The van der Waals surface area contributed by atoms with Gasteiger partial charge in [0.05, 0.1) is 5.41 Å². The first kappa shape index (κ1) is 12.7. The van der Waals surface area contributed by atoms with E-state index in [9.17, 15) is 4.79 Å². The van der Waals surface area contributed by atoms with Crippen LogP contribution in [-0.4, -0.2) is 13.0 Å². The van der Waals surface area contributed by atoms with Crippen molar-refractivity contribution in [2.45, 2.75) is 50.5 Å². The van der Waals surface area contributed by atoms with Crippen molar-refractivity contribution in [1.82, 2.24) is 0 Å². The van der Waals surface area contributed by atoms with Gasteiger partial charge in [-0.15, -0.1) is 0 Å². The highest BCUT2D eigenvalue weighted by atomic mass is 16.2. The molecule has 0 radical (unpaired) electrons. The topological polar surface area (TPSA) is 46.3 Å². The van der Waals surface area contributed by atoms with Crippen molar-refractivity contribution in [2.75, 3.05) is 11.9 Å². The van der Waals surface area contributed by atoms with E-state index in [1.165, 1.54) is 18.4 Å². The number of likely N-dealkylation sites (N-methyl/N-ethyl adjacent to an activating group) is 1. The van der Waals surface area contributed by atoms with Gasteiger partial charge in [-0.1, -0.05) is 25.0 Å². The summed E-state index contributed by atoms with van der Waals surface area (Å²) < 4.78 is 0. The molecule has 0 aromatic heterocycles. The van der Waals surface area contributed by atoms with Gasteiger partial charge in [0, 0.05) is 18.3 Å². The summed E-state index contributed by atoms with van der Waals surface area (Å²) in [4.78, 5) is 14.1. The molecular formula is C16H22N2O. The van der Waals surface area contributed by atoms with Gasteiger partial charge >= 0.3 is 0 Å². The molecule has 0 atom stereocenters. The molecule has 1 saturated carbocycles. The molecule has 3 rings (SSSR count). The van der Waals surface area contributed by atoms with Crippen LogP contribution in [0.4, 0.5) is 5.69 Å². The minimum Gasteiger partial charge on any atom is -0.321 e. The minimum absolute atomic E-state index is 0.164. The van der Waals surface area contributed by atoms with E-state index in [0.717, 1.165) is 24.1 Å². The first-order valence-corrected chi connectivity index (χ1v) is 7.08. The zero-order valence-corrected chi connectivity index (χ0v) is 12.0. The molecule has 0 spiro atoms. The second-order valence-electron chi connectivity index (χ2n) is 6.58. The van der Waals surface area contributed by atoms with Gasteiger partial charge in [-0.05, 0) is 43.9 Å². The van der Waals surface area contributed by atoms with Crippen LogP contribution in [0.3, 0.4) is 0 Å². The average molecular weight is 258 g/mol. The van der Waals surface area contributed by atoms with Crippen molar-refractivity contribution in [3.63, 3.8) is 0 Å². The normalized spacial score (nSPS) is 23.8. The third kappa shape index (κ3) is 1.64. The van der Waals surface area contributed by atoms with Crippen LogP contribution in [0.15, 0.2) is 18.2 Å². The molecule has 1 aliphatic carbocycles. The molecule has 3 nitrogen and oxygen atoms in total. The highest BCUT2D eigenvalue weighted by molar-refractivity contribution is 6.07. The van der Waals surface area contributed by atoms with Gasteiger partial charge in [0.2, 0.25) is 5.91 Å². The smallest absolute Gasteiger partial charge is 0.236 e. The molecule has 0 saturated heterocycles. The van der Waals surface area contributed by atoms with Crippen LogP contribution < -0.4 is 10.6 Å². The highest BCUT2D eigenvalue weighted by Gasteiger charge is 2.43. The lowest BCUT2D eigenvalue weighted by molar-refractivity contribution is -0.121. The maximum absolute atomic E-state index is 12.3. The largest absolute Gasteiger partial charge is 0.321 e. The third-order valence-electron chi connectivity index (χ3n) is 4.94. The quantitative estimate of drug-likeness (QED) is 0.841. The molecule has 2 N–H and O–H groups in total. The Morgan fingerprint density at radius 3 is 2.47 bits per heavy atom. The summed E-state index contributed by atoms with van der Waals surface area (Å²) in [6.07, 6.45) is 4.51. The fourth-order valence-corrected chi connectivity index (χ4v) is 3.58. The molecule has 1 aliphatic heterocycles. The van der Waals surface area contributed by atoms with Gasteiger partial charge in [0.15, 0.2) is 0 Å². The first-order valence-electron chi connectivity index (χ1n) is 7.08. The standard InChI is InChI=1S/C16H22N2O/c1-15(2)12-10-11(16(17)8-4-5-9-16)6-7-13(12)18(3)14(15)19/h6-7,10H,4-5,8-9,17H2,1-3H3. The Bertz CT molecular complexity index is 542. The zero-order valence-electron chi connectivity index (χ0n) is 12.0. The minimum atomic E-state index is -0.435. The molecule has 1 heterocycles. The van der Waals surface area contributed by atoms with Crippen LogP contribution in [0.1, 0.15) is 50.7 Å².